The van der Waals surface area contributed by atoms with Crippen LogP contribution in [0.3, 0.4) is 0 Å². The average Bonchev–Trinajstić information content (AvgIpc) is 3.20. The minimum atomic E-state index is -0.431. The zero-order chi connectivity index (χ0) is 16.2. The van der Waals surface area contributed by atoms with E-state index in [1.165, 1.54) is 6.20 Å². The third kappa shape index (κ3) is 3.89. The van der Waals surface area contributed by atoms with Crippen LogP contribution in [0.25, 0.3) is 0 Å². The first kappa shape index (κ1) is 16.0. The van der Waals surface area contributed by atoms with Crippen molar-refractivity contribution in [2.45, 2.75) is 25.3 Å². The van der Waals surface area contributed by atoms with Crippen LogP contribution in [0, 0.1) is 0 Å². The van der Waals surface area contributed by atoms with E-state index in [9.17, 15) is 9.59 Å². The van der Waals surface area contributed by atoms with Gasteiger partial charge in [0.1, 0.15) is 11.9 Å². The molecule has 0 radical (unpaired) electrons. The fourth-order valence-electron chi connectivity index (χ4n) is 2.66. The zero-order valence-corrected chi connectivity index (χ0v) is 13.9. The number of anilines is 1. The molecule has 0 saturated carbocycles. The molecule has 2 aromatic heterocycles. The largest absolute Gasteiger partial charge is 0.330 e. The van der Waals surface area contributed by atoms with Crippen molar-refractivity contribution in [2.24, 2.45) is 0 Å². The van der Waals surface area contributed by atoms with Gasteiger partial charge >= 0.3 is 0 Å². The summed E-state index contributed by atoms with van der Waals surface area (Å²) in [5.41, 5.74) is 0. The summed E-state index contributed by atoms with van der Waals surface area (Å²) in [5.74, 6) is 0.239. The zero-order valence-electron chi connectivity index (χ0n) is 12.4. The Morgan fingerprint density at radius 2 is 2.26 bits per heavy atom. The van der Waals surface area contributed by atoms with E-state index in [2.05, 4.69) is 10.3 Å². The van der Waals surface area contributed by atoms with E-state index >= 15 is 0 Å². The maximum atomic E-state index is 12.4. The number of hydrogen-bond donors (Lipinski definition) is 1. The summed E-state index contributed by atoms with van der Waals surface area (Å²) in [6, 6.07) is 6.74. The third-order valence-electron chi connectivity index (χ3n) is 3.76. The Morgan fingerprint density at radius 1 is 1.39 bits per heavy atom. The molecule has 1 aliphatic heterocycles. The summed E-state index contributed by atoms with van der Waals surface area (Å²) in [6.07, 6.45) is 3.34. The second kappa shape index (κ2) is 7.10. The Morgan fingerprint density at radius 3 is 2.96 bits per heavy atom. The lowest BCUT2D eigenvalue weighted by Crippen LogP contribution is -2.43. The number of carbonyl (C=O) groups is 2. The maximum absolute atomic E-state index is 12.4. The van der Waals surface area contributed by atoms with Gasteiger partial charge in [-0.3, -0.25) is 9.59 Å². The van der Waals surface area contributed by atoms with E-state index in [0.29, 0.717) is 30.2 Å². The van der Waals surface area contributed by atoms with Crippen LogP contribution in [-0.2, 0) is 16.0 Å². The van der Waals surface area contributed by atoms with Crippen LogP contribution in [0.15, 0.2) is 35.8 Å². The predicted molar refractivity (Wildman–Crippen MR) is 90.6 cm³/mol. The summed E-state index contributed by atoms with van der Waals surface area (Å²) in [6.45, 7) is 0.621. The number of likely N-dealkylation sites (tertiary alicyclic amines) is 1. The SMILES string of the molecule is O=C(Nc1ccc(Cl)cn1)C1CCCN1C(=O)Cc1cccs1. The molecule has 2 aromatic rings. The second-order valence-electron chi connectivity index (χ2n) is 5.35. The predicted octanol–water partition coefficient (Wildman–Crippen LogP) is 2.97. The third-order valence-corrected chi connectivity index (χ3v) is 4.86. The lowest BCUT2D eigenvalue weighted by atomic mass is 10.2. The number of pyridine rings is 1. The van der Waals surface area contributed by atoms with Crippen molar-refractivity contribution in [3.8, 4) is 0 Å². The van der Waals surface area contributed by atoms with Gasteiger partial charge < -0.3 is 10.2 Å². The van der Waals surface area contributed by atoms with Crippen LogP contribution < -0.4 is 5.32 Å². The summed E-state index contributed by atoms with van der Waals surface area (Å²) in [7, 11) is 0. The van der Waals surface area contributed by atoms with Crippen molar-refractivity contribution in [1.82, 2.24) is 9.88 Å². The number of amides is 2. The Labute approximate surface area is 143 Å². The van der Waals surface area contributed by atoms with Crippen molar-refractivity contribution >= 4 is 40.6 Å². The molecule has 120 valence electrons. The summed E-state index contributed by atoms with van der Waals surface area (Å²) < 4.78 is 0. The van der Waals surface area contributed by atoms with Crippen molar-refractivity contribution in [3.63, 3.8) is 0 Å². The molecule has 1 N–H and O–H groups in total. The van der Waals surface area contributed by atoms with Gasteiger partial charge in [0, 0.05) is 17.6 Å². The number of nitrogens with zero attached hydrogens (tertiary/aromatic N) is 2. The minimum absolute atomic E-state index is 0.00540. The monoisotopic (exact) mass is 349 g/mol. The molecule has 1 aliphatic rings. The number of nitrogens with one attached hydrogen (secondary N) is 1. The van der Waals surface area contributed by atoms with E-state index in [1.807, 2.05) is 17.5 Å². The molecule has 1 saturated heterocycles. The molecule has 0 aromatic carbocycles. The number of hydrogen-bond acceptors (Lipinski definition) is 4. The van der Waals surface area contributed by atoms with Gasteiger partial charge in [0.2, 0.25) is 11.8 Å². The highest BCUT2D eigenvalue weighted by molar-refractivity contribution is 7.10. The number of thiophene rings is 1. The lowest BCUT2D eigenvalue weighted by Gasteiger charge is -2.23. The van der Waals surface area contributed by atoms with Crippen LogP contribution >= 0.6 is 22.9 Å². The maximum Gasteiger partial charge on any atom is 0.248 e. The van der Waals surface area contributed by atoms with Gasteiger partial charge in [0.05, 0.1) is 11.4 Å². The van der Waals surface area contributed by atoms with Gasteiger partial charge in [-0.2, -0.15) is 0 Å². The van der Waals surface area contributed by atoms with Crippen molar-refractivity contribution in [3.05, 3.63) is 45.7 Å². The van der Waals surface area contributed by atoms with Crippen LogP contribution in [0.1, 0.15) is 17.7 Å². The lowest BCUT2D eigenvalue weighted by molar-refractivity contribution is -0.136. The smallest absolute Gasteiger partial charge is 0.248 e. The molecule has 2 amide bonds. The fourth-order valence-corrected chi connectivity index (χ4v) is 3.47. The molecule has 0 aliphatic carbocycles. The molecule has 1 atom stereocenters. The highest BCUT2D eigenvalue weighted by Crippen LogP contribution is 2.21. The normalized spacial score (nSPS) is 17.3. The first-order valence-corrected chi connectivity index (χ1v) is 8.63. The Bertz CT molecular complexity index is 688. The molecule has 3 heterocycles. The standard InChI is InChI=1S/C16H16ClN3O2S/c17-11-5-6-14(18-10-11)19-16(22)13-4-1-7-20(13)15(21)9-12-3-2-8-23-12/h2-3,5-6,8,10,13H,1,4,7,9H2,(H,18,19,22). The Balaban J connectivity index is 1.64. The van der Waals surface area contributed by atoms with E-state index in [4.69, 9.17) is 11.6 Å². The van der Waals surface area contributed by atoms with E-state index in [1.54, 1.807) is 28.4 Å². The molecule has 0 bridgehead atoms. The molecule has 7 heteroatoms. The average molecular weight is 350 g/mol. The molecular weight excluding hydrogens is 334 g/mol. The summed E-state index contributed by atoms with van der Waals surface area (Å²) in [5, 5.41) is 5.21. The minimum Gasteiger partial charge on any atom is -0.330 e. The van der Waals surface area contributed by atoms with Gasteiger partial charge in [-0.15, -0.1) is 11.3 Å². The highest BCUT2D eigenvalue weighted by Gasteiger charge is 2.34. The van der Waals surface area contributed by atoms with Crippen LogP contribution in [0.2, 0.25) is 5.02 Å². The second-order valence-corrected chi connectivity index (χ2v) is 6.82. The van der Waals surface area contributed by atoms with Crippen molar-refractivity contribution < 1.29 is 9.59 Å². The topological polar surface area (TPSA) is 62.3 Å². The first-order valence-electron chi connectivity index (χ1n) is 7.38. The van der Waals surface area contributed by atoms with Gasteiger partial charge in [-0.25, -0.2) is 4.98 Å². The van der Waals surface area contributed by atoms with Crippen molar-refractivity contribution in [1.29, 1.82) is 0 Å². The van der Waals surface area contributed by atoms with E-state index in [0.717, 1.165) is 11.3 Å². The molecule has 5 nitrogen and oxygen atoms in total. The molecule has 1 fully saturated rings. The quantitative estimate of drug-likeness (QED) is 0.923. The van der Waals surface area contributed by atoms with Gasteiger partial charge in [-0.05, 0) is 36.4 Å². The van der Waals surface area contributed by atoms with Crippen LogP contribution in [0.5, 0.6) is 0 Å². The van der Waals surface area contributed by atoms with Crippen molar-refractivity contribution in [2.75, 3.05) is 11.9 Å². The number of aromatic nitrogens is 1. The molecule has 3 rings (SSSR count). The van der Waals surface area contributed by atoms with Crippen LogP contribution in [0.4, 0.5) is 5.82 Å². The fraction of sp³-hybridized carbons (Fsp3) is 0.312. The van der Waals surface area contributed by atoms with Crippen LogP contribution in [-0.4, -0.2) is 34.3 Å². The van der Waals surface area contributed by atoms with Gasteiger partial charge in [0.25, 0.3) is 0 Å². The first-order chi connectivity index (χ1) is 11.1. The molecular formula is C16H16ClN3O2S. The molecule has 1 unspecified atom stereocenters. The molecule has 23 heavy (non-hydrogen) atoms. The van der Waals surface area contributed by atoms with Gasteiger partial charge in [-0.1, -0.05) is 17.7 Å². The van der Waals surface area contributed by atoms with E-state index in [-0.39, 0.29) is 11.8 Å². The Kier molecular flexibility index (Phi) is 4.93. The number of halogens is 1. The summed E-state index contributed by atoms with van der Waals surface area (Å²) >= 11 is 7.33. The highest BCUT2D eigenvalue weighted by atomic mass is 35.5. The number of rotatable bonds is 4. The summed E-state index contributed by atoms with van der Waals surface area (Å²) in [4.78, 5) is 31.6. The van der Waals surface area contributed by atoms with Gasteiger partial charge in [0.15, 0.2) is 0 Å². The van der Waals surface area contributed by atoms with E-state index < -0.39 is 6.04 Å². The molecule has 0 spiro atoms. The Hall–Kier alpha value is -1.92. The number of carbonyl (C=O) groups excluding carboxylic acids is 2.